The van der Waals surface area contributed by atoms with E-state index >= 15 is 0 Å². The molecular weight excluding hydrogens is 306 g/mol. The first-order valence-electron chi connectivity index (χ1n) is 10.5. The Bertz CT molecular complexity index is 601. The average Bonchev–Trinajstić information content (AvgIpc) is 2.90. The molecule has 2 saturated heterocycles. The zero-order chi connectivity index (χ0) is 17.4. The summed E-state index contributed by atoms with van der Waals surface area (Å²) in [6.45, 7) is 2.03. The smallest absolute Gasteiger partial charge is 0.137 e. The molecule has 1 aromatic rings. The Morgan fingerprint density at radius 1 is 1.00 bits per heavy atom. The molecule has 0 radical (unpaired) electrons. The number of carbonyl (C=O) groups is 1. The van der Waals surface area contributed by atoms with E-state index in [0.717, 1.165) is 12.3 Å². The predicted octanol–water partition coefficient (Wildman–Crippen LogP) is 5.28. The van der Waals surface area contributed by atoms with Crippen molar-refractivity contribution in [2.45, 2.75) is 88.6 Å². The minimum atomic E-state index is 0.203. The van der Waals surface area contributed by atoms with Crippen LogP contribution in [0.3, 0.4) is 0 Å². The van der Waals surface area contributed by atoms with E-state index in [-0.39, 0.29) is 5.92 Å². The van der Waals surface area contributed by atoms with E-state index in [1.165, 1.54) is 56.1 Å². The van der Waals surface area contributed by atoms with Gasteiger partial charge in [0.1, 0.15) is 5.78 Å². The molecule has 4 atom stereocenters. The molecule has 1 aromatic carbocycles. The number of hydrogen-bond donors (Lipinski definition) is 0. The van der Waals surface area contributed by atoms with Gasteiger partial charge in [-0.1, -0.05) is 50.5 Å². The monoisotopic (exact) mass is 339 g/mol. The third-order valence-corrected chi connectivity index (χ3v) is 7.43. The lowest BCUT2D eigenvalue weighted by molar-refractivity contribution is -0.126. The summed E-state index contributed by atoms with van der Waals surface area (Å²) in [7, 11) is 2.24. The van der Waals surface area contributed by atoms with Crippen molar-refractivity contribution in [1.82, 2.24) is 4.90 Å². The van der Waals surface area contributed by atoms with E-state index in [4.69, 9.17) is 0 Å². The van der Waals surface area contributed by atoms with E-state index < -0.39 is 0 Å². The van der Waals surface area contributed by atoms with E-state index in [1.807, 2.05) is 6.92 Å². The highest BCUT2D eigenvalue weighted by Crippen LogP contribution is 2.47. The molecule has 3 aliphatic rings. The molecule has 0 amide bonds. The highest BCUT2D eigenvalue weighted by atomic mass is 16.1. The van der Waals surface area contributed by atoms with Crippen LogP contribution in [0.5, 0.6) is 0 Å². The zero-order valence-electron chi connectivity index (χ0n) is 15.9. The number of carbonyl (C=O) groups excluding carboxylic acids is 1. The fraction of sp³-hybridized carbons (Fsp3) is 0.696. The van der Waals surface area contributed by atoms with Gasteiger partial charge in [-0.3, -0.25) is 9.69 Å². The van der Waals surface area contributed by atoms with Crippen molar-refractivity contribution < 1.29 is 4.79 Å². The molecule has 2 nitrogen and oxygen atoms in total. The standard InChI is InChI=1S/C23H33NO/c1-3-22(25)23-20(15-19-13-14-21(23)24(19)2)18-11-9-17(10-12-18)16-7-5-4-6-8-16/h9-12,16,19-21,23H,3-8,13-15H2,1-2H3/t19?,20-,21?,23+/m1/s1. The Labute approximate surface area is 153 Å². The Morgan fingerprint density at radius 2 is 1.68 bits per heavy atom. The van der Waals surface area contributed by atoms with Gasteiger partial charge in [0.05, 0.1) is 0 Å². The number of rotatable bonds is 4. The second-order valence-electron chi connectivity index (χ2n) is 8.65. The molecule has 3 fully saturated rings. The molecule has 2 heteroatoms. The van der Waals surface area contributed by atoms with Crippen molar-refractivity contribution >= 4 is 5.78 Å². The van der Waals surface area contributed by atoms with E-state index in [9.17, 15) is 4.79 Å². The highest BCUT2D eigenvalue weighted by molar-refractivity contribution is 5.82. The minimum absolute atomic E-state index is 0.203. The van der Waals surface area contributed by atoms with Crippen LogP contribution in [-0.2, 0) is 4.79 Å². The van der Waals surface area contributed by atoms with Gasteiger partial charge < -0.3 is 0 Å². The number of nitrogens with zero attached hydrogens (tertiary/aromatic N) is 1. The summed E-state index contributed by atoms with van der Waals surface area (Å²) in [4.78, 5) is 15.3. The maximum atomic E-state index is 12.8. The van der Waals surface area contributed by atoms with Crippen LogP contribution < -0.4 is 0 Å². The number of benzene rings is 1. The lowest BCUT2D eigenvalue weighted by Gasteiger charge is -2.42. The Balaban J connectivity index is 1.57. The molecule has 2 heterocycles. The van der Waals surface area contributed by atoms with Gasteiger partial charge in [0.2, 0.25) is 0 Å². The van der Waals surface area contributed by atoms with Crippen LogP contribution in [0, 0.1) is 5.92 Å². The fourth-order valence-electron chi connectivity index (χ4n) is 5.94. The second-order valence-corrected chi connectivity index (χ2v) is 8.65. The molecule has 0 aromatic heterocycles. The lowest BCUT2D eigenvalue weighted by atomic mass is 9.73. The highest BCUT2D eigenvalue weighted by Gasteiger charge is 2.48. The van der Waals surface area contributed by atoms with E-state index in [2.05, 4.69) is 36.2 Å². The molecular formula is C23H33NO. The zero-order valence-corrected chi connectivity index (χ0v) is 15.9. The van der Waals surface area contributed by atoms with Gasteiger partial charge in [-0.15, -0.1) is 0 Å². The van der Waals surface area contributed by atoms with Crippen molar-refractivity contribution in [3.8, 4) is 0 Å². The summed E-state index contributed by atoms with van der Waals surface area (Å²) in [5.74, 6) is 1.87. The normalized spacial score (nSPS) is 33.5. The molecule has 1 saturated carbocycles. The predicted molar refractivity (Wildman–Crippen MR) is 103 cm³/mol. The van der Waals surface area contributed by atoms with E-state index in [1.54, 1.807) is 0 Å². The quantitative estimate of drug-likeness (QED) is 0.744. The maximum Gasteiger partial charge on any atom is 0.137 e. The molecule has 0 spiro atoms. The van der Waals surface area contributed by atoms with Gasteiger partial charge in [0.25, 0.3) is 0 Å². The van der Waals surface area contributed by atoms with Crippen LogP contribution in [0.15, 0.2) is 24.3 Å². The molecule has 2 aliphatic heterocycles. The third kappa shape index (κ3) is 3.18. The summed E-state index contributed by atoms with van der Waals surface area (Å²) in [6.07, 6.45) is 11.2. The summed E-state index contributed by atoms with van der Waals surface area (Å²) in [6, 6.07) is 10.6. The van der Waals surface area contributed by atoms with Crippen molar-refractivity contribution in [2.75, 3.05) is 7.05 Å². The Morgan fingerprint density at radius 3 is 2.36 bits per heavy atom. The summed E-state index contributed by atoms with van der Waals surface area (Å²) in [5, 5.41) is 0. The summed E-state index contributed by atoms with van der Waals surface area (Å²) < 4.78 is 0. The summed E-state index contributed by atoms with van der Waals surface area (Å²) in [5.41, 5.74) is 2.94. The number of hydrogen-bond acceptors (Lipinski definition) is 2. The topological polar surface area (TPSA) is 20.3 Å². The van der Waals surface area contributed by atoms with Crippen LogP contribution in [0.1, 0.15) is 87.7 Å². The summed E-state index contributed by atoms with van der Waals surface area (Å²) >= 11 is 0. The van der Waals surface area contributed by atoms with Crippen molar-refractivity contribution in [3.63, 3.8) is 0 Å². The number of fused-ring (bicyclic) bond motifs is 2. The number of piperidine rings is 1. The van der Waals surface area contributed by atoms with Crippen LogP contribution in [-0.4, -0.2) is 29.8 Å². The van der Waals surface area contributed by atoms with Crippen molar-refractivity contribution in [3.05, 3.63) is 35.4 Å². The third-order valence-electron chi connectivity index (χ3n) is 7.43. The molecule has 4 rings (SSSR count). The first-order chi connectivity index (χ1) is 12.2. The first kappa shape index (κ1) is 17.3. The number of ketones is 1. The molecule has 0 N–H and O–H groups in total. The van der Waals surface area contributed by atoms with Gasteiger partial charge in [-0.2, -0.15) is 0 Å². The Kier molecular flexibility index (Phi) is 4.99. The number of Topliss-reactive ketones (excluding diaryl/α,β-unsaturated/α-hetero) is 1. The van der Waals surface area contributed by atoms with Crippen LogP contribution in [0.25, 0.3) is 0 Å². The molecule has 136 valence electrons. The fourth-order valence-corrected chi connectivity index (χ4v) is 5.94. The van der Waals surface area contributed by atoms with Crippen LogP contribution in [0.4, 0.5) is 0 Å². The SMILES string of the molecule is CCC(=O)[C@@H]1C2CCC(C[C@@H]1c1ccc(C3CCCCC3)cc1)N2C. The molecule has 2 bridgehead atoms. The van der Waals surface area contributed by atoms with Gasteiger partial charge in [0.15, 0.2) is 0 Å². The Hall–Kier alpha value is -1.15. The van der Waals surface area contributed by atoms with Gasteiger partial charge in [-0.05, 0) is 62.1 Å². The van der Waals surface area contributed by atoms with E-state index in [0.29, 0.717) is 30.2 Å². The van der Waals surface area contributed by atoms with Gasteiger partial charge in [-0.25, -0.2) is 0 Å². The second kappa shape index (κ2) is 7.23. The average molecular weight is 340 g/mol. The molecule has 25 heavy (non-hydrogen) atoms. The van der Waals surface area contributed by atoms with Crippen molar-refractivity contribution in [1.29, 1.82) is 0 Å². The van der Waals surface area contributed by atoms with Gasteiger partial charge >= 0.3 is 0 Å². The van der Waals surface area contributed by atoms with Crippen LogP contribution in [0.2, 0.25) is 0 Å². The first-order valence-corrected chi connectivity index (χ1v) is 10.5. The van der Waals surface area contributed by atoms with Crippen molar-refractivity contribution in [2.24, 2.45) is 5.92 Å². The largest absolute Gasteiger partial charge is 0.300 e. The van der Waals surface area contributed by atoms with Gasteiger partial charge in [0, 0.05) is 24.4 Å². The molecule has 2 unspecified atom stereocenters. The lowest BCUT2D eigenvalue weighted by Crippen LogP contribution is -2.48. The minimum Gasteiger partial charge on any atom is -0.300 e. The maximum absolute atomic E-state index is 12.8. The molecule has 1 aliphatic carbocycles. The van der Waals surface area contributed by atoms with Crippen LogP contribution >= 0.6 is 0 Å².